The fraction of sp³-hybridized carbons (Fsp3) is 0.625. The number of nitriles is 1. The van der Waals surface area contributed by atoms with E-state index in [0.717, 1.165) is 25.9 Å². The number of ether oxygens (including phenoxy) is 1. The number of nitrogens with zero attached hydrogens (tertiary/aromatic N) is 1. The average molecular weight is 139 g/mol. The van der Waals surface area contributed by atoms with E-state index in [4.69, 9.17) is 10.00 Å². The molecule has 0 aliphatic carbocycles. The SMILES string of the molecule is C=COCCCCCC#N. The molecule has 0 radical (unpaired) electrons. The zero-order valence-corrected chi connectivity index (χ0v) is 6.18. The molecule has 0 spiro atoms. The predicted octanol–water partition coefficient (Wildman–Crippen LogP) is 2.23. The molecule has 0 saturated carbocycles. The molecule has 0 amide bonds. The molecule has 0 N–H and O–H groups in total. The largest absolute Gasteiger partial charge is 0.502 e. The second kappa shape index (κ2) is 8.03. The molecule has 0 heterocycles. The monoisotopic (exact) mass is 139 g/mol. The molecule has 56 valence electrons. The van der Waals surface area contributed by atoms with Crippen LogP contribution < -0.4 is 0 Å². The van der Waals surface area contributed by atoms with Crippen molar-refractivity contribution in [1.82, 2.24) is 0 Å². The van der Waals surface area contributed by atoms with Crippen molar-refractivity contribution in [2.45, 2.75) is 25.7 Å². The van der Waals surface area contributed by atoms with Crippen LogP contribution in [0.4, 0.5) is 0 Å². The maximum absolute atomic E-state index is 8.17. The van der Waals surface area contributed by atoms with E-state index in [1.54, 1.807) is 0 Å². The summed E-state index contributed by atoms with van der Waals surface area (Å²) in [5.74, 6) is 0. The minimum Gasteiger partial charge on any atom is -0.502 e. The lowest BCUT2D eigenvalue weighted by atomic mass is 10.2. The number of unbranched alkanes of at least 4 members (excludes halogenated alkanes) is 3. The van der Waals surface area contributed by atoms with Gasteiger partial charge in [-0.05, 0) is 19.3 Å². The molecule has 0 atom stereocenters. The quantitative estimate of drug-likeness (QED) is 0.417. The van der Waals surface area contributed by atoms with Gasteiger partial charge in [-0.2, -0.15) is 5.26 Å². The molecule has 2 nitrogen and oxygen atoms in total. The molecule has 0 aromatic heterocycles. The first-order valence-corrected chi connectivity index (χ1v) is 3.51. The Bertz CT molecular complexity index is 115. The van der Waals surface area contributed by atoms with Crippen LogP contribution in [0, 0.1) is 11.3 Å². The highest BCUT2D eigenvalue weighted by Gasteiger charge is 1.86. The Morgan fingerprint density at radius 1 is 1.40 bits per heavy atom. The van der Waals surface area contributed by atoms with Crippen LogP contribution in [-0.2, 0) is 4.74 Å². The van der Waals surface area contributed by atoms with E-state index >= 15 is 0 Å². The minimum absolute atomic E-state index is 0.661. The summed E-state index contributed by atoms with van der Waals surface area (Å²) in [7, 11) is 0. The number of hydrogen-bond donors (Lipinski definition) is 0. The summed E-state index contributed by atoms with van der Waals surface area (Å²) >= 11 is 0. The first-order chi connectivity index (χ1) is 4.91. The summed E-state index contributed by atoms with van der Waals surface area (Å²) in [5, 5.41) is 8.17. The van der Waals surface area contributed by atoms with Gasteiger partial charge in [-0.25, -0.2) is 0 Å². The van der Waals surface area contributed by atoms with Crippen LogP contribution >= 0.6 is 0 Å². The molecular formula is C8H13NO. The minimum atomic E-state index is 0.661. The molecule has 2 heteroatoms. The zero-order valence-electron chi connectivity index (χ0n) is 6.18. The lowest BCUT2D eigenvalue weighted by Gasteiger charge is -1.97. The zero-order chi connectivity index (χ0) is 7.66. The van der Waals surface area contributed by atoms with Gasteiger partial charge in [0.15, 0.2) is 0 Å². The van der Waals surface area contributed by atoms with Gasteiger partial charge in [-0.15, -0.1) is 0 Å². The summed E-state index contributed by atoms with van der Waals surface area (Å²) < 4.78 is 4.89. The van der Waals surface area contributed by atoms with Crippen molar-refractivity contribution in [3.63, 3.8) is 0 Å². The van der Waals surface area contributed by atoms with Crippen molar-refractivity contribution in [1.29, 1.82) is 5.26 Å². The fourth-order valence-electron chi connectivity index (χ4n) is 0.650. The highest BCUT2D eigenvalue weighted by molar-refractivity contribution is 4.67. The highest BCUT2D eigenvalue weighted by Crippen LogP contribution is 1.98. The summed E-state index contributed by atoms with van der Waals surface area (Å²) in [5.41, 5.74) is 0. The standard InChI is InChI=1S/C8H13NO/c1-2-10-8-6-4-3-5-7-9/h2H,1,3-6,8H2. The maximum atomic E-state index is 8.17. The molecule has 0 bridgehead atoms. The smallest absolute Gasteiger partial charge is 0.0873 e. The Labute approximate surface area is 62.1 Å². The third-order valence-corrected chi connectivity index (χ3v) is 1.17. The third kappa shape index (κ3) is 7.03. The van der Waals surface area contributed by atoms with E-state index in [-0.39, 0.29) is 0 Å². The van der Waals surface area contributed by atoms with Crippen molar-refractivity contribution in [3.05, 3.63) is 12.8 Å². The molecule has 0 fully saturated rings. The lowest BCUT2D eigenvalue weighted by Crippen LogP contribution is -1.86. The summed E-state index contributed by atoms with van der Waals surface area (Å²) in [6.45, 7) is 4.15. The van der Waals surface area contributed by atoms with Gasteiger partial charge < -0.3 is 4.74 Å². The van der Waals surface area contributed by atoms with Gasteiger partial charge in [0, 0.05) is 6.42 Å². The molecule has 0 aliphatic rings. The van der Waals surface area contributed by atoms with Crippen molar-refractivity contribution >= 4 is 0 Å². The highest BCUT2D eigenvalue weighted by atomic mass is 16.5. The molecule has 0 rings (SSSR count). The molecule has 0 unspecified atom stereocenters. The first-order valence-electron chi connectivity index (χ1n) is 3.51. The van der Waals surface area contributed by atoms with Gasteiger partial charge in [0.25, 0.3) is 0 Å². The maximum Gasteiger partial charge on any atom is 0.0873 e. The second-order valence-electron chi connectivity index (χ2n) is 2.01. The molecular weight excluding hydrogens is 126 g/mol. The Hall–Kier alpha value is -0.970. The van der Waals surface area contributed by atoms with Crippen LogP contribution in [0.1, 0.15) is 25.7 Å². The van der Waals surface area contributed by atoms with E-state index < -0.39 is 0 Å². The van der Waals surface area contributed by atoms with Crippen molar-refractivity contribution < 1.29 is 4.74 Å². The van der Waals surface area contributed by atoms with E-state index in [1.807, 2.05) is 0 Å². The van der Waals surface area contributed by atoms with Gasteiger partial charge >= 0.3 is 0 Å². The summed E-state index contributed by atoms with van der Waals surface area (Å²) in [4.78, 5) is 0. The van der Waals surface area contributed by atoms with Gasteiger partial charge in [-0.3, -0.25) is 0 Å². The molecule has 0 aliphatic heterocycles. The fourth-order valence-corrected chi connectivity index (χ4v) is 0.650. The summed E-state index contributed by atoms with van der Waals surface area (Å²) in [6.07, 6.45) is 5.19. The average Bonchev–Trinajstić information content (AvgIpc) is 1.97. The topological polar surface area (TPSA) is 33.0 Å². The van der Waals surface area contributed by atoms with E-state index in [0.29, 0.717) is 6.42 Å². The lowest BCUT2D eigenvalue weighted by molar-refractivity contribution is 0.242. The van der Waals surface area contributed by atoms with Crippen molar-refractivity contribution in [2.24, 2.45) is 0 Å². The van der Waals surface area contributed by atoms with Crippen LogP contribution in [0.25, 0.3) is 0 Å². The van der Waals surface area contributed by atoms with E-state index in [9.17, 15) is 0 Å². The predicted molar refractivity (Wildman–Crippen MR) is 40.2 cm³/mol. The van der Waals surface area contributed by atoms with E-state index in [1.165, 1.54) is 6.26 Å². The third-order valence-electron chi connectivity index (χ3n) is 1.17. The summed E-state index contributed by atoms with van der Waals surface area (Å²) in [6, 6.07) is 2.10. The number of rotatable bonds is 6. The Morgan fingerprint density at radius 2 is 2.20 bits per heavy atom. The van der Waals surface area contributed by atoms with E-state index in [2.05, 4.69) is 12.6 Å². The Balaban J connectivity index is 2.78. The van der Waals surface area contributed by atoms with Crippen LogP contribution in [0.3, 0.4) is 0 Å². The van der Waals surface area contributed by atoms with Gasteiger partial charge in [0.05, 0.1) is 18.9 Å². The normalized spacial score (nSPS) is 8.30. The number of hydrogen-bond acceptors (Lipinski definition) is 2. The van der Waals surface area contributed by atoms with Gasteiger partial charge in [-0.1, -0.05) is 6.58 Å². The Morgan fingerprint density at radius 3 is 2.80 bits per heavy atom. The first kappa shape index (κ1) is 9.03. The van der Waals surface area contributed by atoms with Crippen LogP contribution in [-0.4, -0.2) is 6.61 Å². The van der Waals surface area contributed by atoms with Crippen molar-refractivity contribution in [3.8, 4) is 6.07 Å². The molecule has 10 heavy (non-hydrogen) atoms. The van der Waals surface area contributed by atoms with Crippen LogP contribution in [0.15, 0.2) is 12.8 Å². The van der Waals surface area contributed by atoms with Crippen LogP contribution in [0.5, 0.6) is 0 Å². The van der Waals surface area contributed by atoms with Crippen LogP contribution in [0.2, 0.25) is 0 Å². The second-order valence-corrected chi connectivity index (χ2v) is 2.01. The molecule has 0 saturated heterocycles. The van der Waals surface area contributed by atoms with Gasteiger partial charge in [0.1, 0.15) is 0 Å². The van der Waals surface area contributed by atoms with Gasteiger partial charge in [0.2, 0.25) is 0 Å². The van der Waals surface area contributed by atoms with Crippen molar-refractivity contribution in [2.75, 3.05) is 6.61 Å². The molecule has 0 aromatic rings. The Kier molecular flexibility index (Phi) is 7.25. The molecule has 0 aromatic carbocycles.